The van der Waals surface area contributed by atoms with Crippen LogP contribution in [-0.2, 0) is 0 Å². The summed E-state index contributed by atoms with van der Waals surface area (Å²) in [6.07, 6.45) is 17.9. The lowest BCUT2D eigenvalue weighted by Gasteiger charge is -2.53. The molecule has 0 N–H and O–H groups in total. The molecule has 4 bridgehead atoms. The van der Waals surface area contributed by atoms with Gasteiger partial charge in [-0.25, -0.2) is 0 Å². The molecule has 6 unspecified atom stereocenters. The first-order chi connectivity index (χ1) is 20.2. The zero-order valence-corrected chi connectivity index (χ0v) is 27.7. The normalized spacial score (nSPS) is 34.9. The van der Waals surface area contributed by atoms with E-state index in [1.54, 1.807) is 11.1 Å². The van der Waals surface area contributed by atoms with Gasteiger partial charge in [0.25, 0.3) is 0 Å². The minimum atomic E-state index is 0.352. The number of hydrogen-bond acceptors (Lipinski definition) is 4. The van der Waals surface area contributed by atoms with Crippen LogP contribution in [0.5, 0.6) is 0 Å². The predicted octanol–water partition coefficient (Wildman–Crippen LogP) is 10.3. The van der Waals surface area contributed by atoms with Gasteiger partial charge in [-0.15, -0.1) is 0 Å². The molecule has 7 aliphatic carbocycles. The monoisotopic (exact) mass is 618 g/mol. The van der Waals surface area contributed by atoms with Gasteiger partial charge >= 0.3 is 0 Å². The molecule has 12 rings (SSSR count). The quantitative estimate of drug-likeness (QED) is 0.230. The van der Waals surface area contributed by atoms with Crippen LogP contribution < -0.4 is 10.4 Å². The molecule has 0 nitrogen and oxygen atoms in total. The number of benzene rings is 3. The van der Waals surface area contributed by atoms with Gasteiger partial charge < -0.3 is 0 Å². The molecular weight excluding hydrogens is 585 g/mol. The van der Waals surface area contributed by atoms with E-state index < -0.39 is 0 Å². The van der Waals surface area contributed by atoms with Crippen LogP contribution in [0.4, 0.5) is 0 Å². The van der Waals surface area contributed by atoms with Gasteiger partial charge in [-0.05, 0) is 104 Å². The lowest BCUT2D eigenvalue weighted by atomic mass is 9.52. The topological polar surface area (TPSA) is 0 Å². The van der Waals surface area contributed by atoms with Gasteiger partial charge in [-0.1, -0.05) is 123 Å². The molecule has 0 radical (unpaired) electrons. The summed E-state index contributed by atoms with van der Waals surface area (Å²) in [5, 5.41) is 5.74. The number of rotatable bonds is 0. The molecule has 210 valence electrons. The summed E-state index contributed by atoms with van der Waals surface area (Å²) in [6, 6.07) is 15.0. The van der Waals surface area contributed by atoms with Crippen LogP contribution in [0, 0.1) is 34.5 Å². The van der Waals surface area contributed by atoms with Crippen molar-refractivity contribution in [3.05, 3.63) is 90.7 Å². The van der Waals surface area contributed by atoms with E-state index in [1.165, 1.54) is 62.1 Å². The zero-order chi connectivity index (χ0) is 28.1. The Labute approximate surface area is 265 Å². The van der Waals surface area contributed by atoms with Crippen LogP contribution in [0.2, 0.25) is 0 Å². The lowest BCUT2D eigenvalue weighted by molar-refractivity contribution is 0.0698. The molecule has 6 atom stereocenters. The van der Waals surface area contributed by atoms with E-state index in [0.29, 0.717) is 46.3 Å². The fourth-order valence-corrected chi connectivity index (χ4v) is 14.8. The van der Waals surface area contributed by atoms with E-state index in [-0.39, 0.29) is 0 Å². The largest absolute Gasteiger partial charge is 0.0845 e. The fraction of sp³-hybridized carbons (Fsp3) is 0.368. The molecule has 9 aliphatic rings. The van der Waals surface area contributed by atoms with E-state index in [4.69, 9.17) is 0 Å². The third-order valence-corrected chi connectivity index (χ3v) is 17.0. The minimum Gasteiger partial charge on any atom is -0.0845 e. The van der Waals surface area contributed by atoms with Crippen LogP contribution in [0.25, 0.3) is 22.9 Å². The molecule has 3 aromatic rings. The molecule has 1 saturated carbocycles. The predicted molar refractivity (Wildman–Crippen MR) is 184 cm³/mol. The highest BCUT2D eigenvalue weighted by Crippen LogP contribution is 2.62. The smallest absolute Gasteiger partial charge is 0.0706 e. The summed E-state index contributed by atoms with van der Waals surface area (Å²) in [5.74, 6) is 3.79. The van der Waals surface area contributed by atoms with E-state index in [2.05, 4.69) is 101 Å². The second kappa shape index (κ2) is 8.50. The lowest BCUT2D eigenvalue weighted by Crippen LogP contribution is -2.48. The molecular formula is C38H34S4. The molecule has 42 heavy (non-hydrogen) atoms. The van der Waals surface area contributed by atoms with Crippen molar-refractivity contribution in [2.75, 3.05) is 0 Å². The summed E-state index contributed by atoms with van der Waals surface area (Å²) in [5.41, 5.74) is 3.91. The van der Waals surface area contributed by atoms with E-state index in [9.17, 15) is 0 Å². The second-order valence-electron chi connectivity index (χ2n) is 15.0. The maximum atomic E-state index is 2.64. The van der Waals surface area contributed by atoms with Gasteiger partial charge in [-0.3, -0.25) is 0 Å². The van der Waals surface area contributed by atoms with Crippen molar-refractivity contribution in [1.82, 2.24) is 0 Å². The van der Waals surface area contributed by atoms with Crippen molar-refractivity contribution in [3.63, 3.8) is 0 Å². The van der Waals surface area contributed by atoms with Crippen molar-refractivity contribution in [2.45, 2.75) is 72.0 Å². The second-order valence-corrected chi connectivity index (χ2v) is 19.7. The molecule has 0 aromatic heterocycles. The first-order valence-corrected chi connectivity index (χ1v) is 18.8. The fourth-order valence-electron chi connectivity index (χ4n) is 9.38. The Balaban J connectivity index is 0.985. The van der Waals surface area contributed by atoms with Crippen LogP contribution in [0.1, 0.15) is 63.5 Å². The first-order valence-electron chi connectivity index (χ1n) is 15.5. The van der Waals surface area contributed by atoms with Crippen molar-refractivity contribution in [1.29, 1.82) is 0 Å². The van der Waals surface area contributed by atoms with E-state index in [0.717, 1.165) is 0 Å². The Bertz CT molecular complexity index is 1990. The Hall–Kier alpha value is -1.72. The Morgan fingerprint density at radius 3 is 1.79 bits per heavy atom. The van der Waals surface area contributed by atoms with Gasteiger partial charge in [0.15, 0.2) is 0 Å². The third-order valence-electron chi connectivity index (χ3n) is 11.4. The Morgan fingerprint density at radius 2 is 1.17 bits per heavy atom. The highest BCUT2D eigenvalue weighted by molar-refractivity contribution is 8.30. The third kappa shape index (κ3) is 3.56. The molecule has 0 saturated heterocycles. The standard InChI is InChI=1S/C38H34S4/c1-37(2)17-19-5-7-29(37)27-11-23-15-33-31(13-21(23)9-25(19)27)39-35(41-33)36-40-32-14-22-10-26-20-6-8-30(38(3,4)18-20)28(26)12-24(22)16-34(32)42-36/h5-16,19-20,25,27,29-30H,17-18H2,1-4H3. The number of thioether (sulfide) groups is 4. The van der Waals surface area contributed by atoms with Crippen LogP contribution in [-0.4, -0.2) is 0 Å². The van der Waals surface area contributed by atoms with E-state index >= 15 is 0 Å². The molecule has 0 spiro atoms. The highest BCUT2D eigenvalue weighted by Gasteiger charge is 2.48. The van der Waals surface area contributed by atoms with Gasteiger partial charge in [0.1, 0.15) is 0 Å². The molecule has 0 amide bonds. The Morgan fingerprint density at radius 1 is 0.571 bits per heavy atom. The summed E-state index contributed by atoms with van der Waals surface area (Å²) >= 11 is 7.98. The summed E-state index contributed by atoms with van der Waals surface area (Å²) < 4.78 is 2.92. The molecule has 2 heterocycles. The molecule has 1 fully saturated rings. The maximum absolute atomic E-state index is 2.64. The summed E-state index contributed by atoms with van der Waals surface area (Å²) in [7, 11) is 0. The van der Waals surface area contributed by atoms with E-state index in [1.807, 2.05) is 47.0 Å². The van der Waals surface area contributed by atoms with Crippen molar-refractivity contribution < 1.29 is 0 Å². The van der Waals surface area contributed by atoms with Crippen molar-refractivity contribution in [3.8, 4) is 0 Å². The molecule has 3 aromatic carbocycles. The maximum Gasteiger partial charge on any atom is 0.0706 e. The summed E-state index contributed by atoms with van der Waals surface area (Å²) in [6.45, 7) is 9.86. The minimum absolute atomic E-state index is 0.352. The summed E-state index contributed by atoms with van der Waals surface area (Å²) in [4.78, 5) is 5.75. The van der Waals surface area contributed by atoms with Crippen LogP contribution in [0.3, 0.4) is 0 Å². The first kappa shape index (κ1) is 25.6. The van der Waals surface area contributed by atoms with Crippen LogP contribution >= 0.6 is 47.0 Å². The van der Waals surface area contributed by atoms with Gasteiger partial charge in [-0.2, -0.15) is 0 Å². The van der Waals surface area contributed by atoms with Gasteiger partial charge in [0.05, 0.1) is 8.47 Å². The zero-order valence-electron chi connectivity index (χ0n) is 24.4. The number of hydrogen-bond donors (Lipinski definition) is 0. The Kier molecular flexibility index (Phi) is 5.18. The SMILES string of the molecule is CC1(C)CC2C=CC1c1cc3cc4c(cc3cc12)SC(=C1Sc2cc3c(cc2S1)=CC1C(C=3)C2C=CC1C(C)(C)C2)S4. The van der Waals surface area contributed by atoms with Crippen LogP contribution in [0.15, 0.2) is 88.8 Å². The number of fused-ring (bicyclic) bond motifs is 6. The average Bonchev–Trinajstić information content (AvgIpc) is 3.55. The molecule has 4 heteroatoms. The van der Waals surface area contributed by atoms with Crippen molar-refractivity contribution in [2.24, 2.45) is 34.5 Å². The highest BCUT2D eigenvalue weighted by atomic mass is 32.2. The molecule has 2 aliphatic heterocycles. The number of allylic oxidation sites excluding steroid dienone is 4. The van der Waals surface area contributed by atoms with Crippen molar-refractivity contribution >= 4 is 70.0 Å². The average molecular weight is 619 g/mol. The van der Waals surface area contributed by atoms with Gasteiger partial charge in [0, 0.05) is 31.4 Å². The van der Waals surface area contributed by atoms with Gasteiger partial charge in [0.2, 0.25) is 0 Å².